The van der Waals surface area contributed by atoms with E-state index >= 15 is 0 Å². The molecule has 0 bridgehead atoms. The Morgan fingerprint density at radius 2 is 2.00 bits per heavy atom. The number of imidazole rings is 1. The van der Waals surface area contributed by atoms with E-state index in [9.17, 15) is 14.7 Å². The number of likely N-dealkylation sites (tertiary alicyclic amines) is 1. The summed E-state index contributed by atoms with van der Waals surface area (Å²) in [7, 11) is 0. The number of aromatic nitrogens is 3. The highest BCUT2D eigenvalue weighted by Gasteiger charge is 2.33. The van der Waals surface area contributed by atoms with Gasteiger partial charge >= 0.3 is 0 Å². The van der Waals surface area contributed by atoms with Crippen LogP contribution in [0.25, 0.3) is 11.0 Å². The monoisotopic (exact) mass is 436 g/mol. The lowest BCUT2D eigenvalue weighted by Crippen LogP contribution is -2.32. The normalized spacial score (nSPS) is 16.4. The lowest BCUT2D eigenvalue weighted by molar-refractivity contribution is -0.132. The SMILES string of the molecule is Cc1cc(O)cc(=O)n1CCCC(=O)N1CCC[C@@H]1c1nc2ccccc2n1CC(C)C. The van der Waals surface area contributed by atoms with E-state index in [4.69, 9.17) is 4.98 Å². The average Bonchev–Trinajstić information content (AvgIpc) is 3.34. The molecule has 1 aromatic carbocycles. The van der Waals surface area contributed by atoms with Crippen LogP contribution in [0.5, 0.6) is 5.75 Å². The maximum Gasteiger partial charge on any atom is 0.254 e. The lowest BCUT2D eigenvalue weighted by atomic mass is 10.1. The molecule has 4 rings (SSSR count). The standard InChI is InChI=1S/C25H32N4O3/c1-17(2)16-29-21-9-5-4-8-20(21)26-25(29)22-10-6-13-28(22)23(31)11-7-12-27-18(3)14-19(30)15-24(27)32/h4-5,8-9,14-15,17,22,30H,6-7,10-13,16H2,1-3H3/t22-/m1/s1. The van der Waals surface area contributed by atoms with Gasteiger partial charge in [0.25, 0.3) is 5.56 Å². The number of pyridine rings is 1. The lowest BCUT2D eigenvalue weighted by Gasteiger charge is -2.26. The number of hydrogen-bond donors (Lipinski definition) is 1. The molecular formula is C25H32N4O3. The molecule has 7 nitrogen and oxygen atoms in total. The fourth-order valence-corrected chi connectivity index (χ4v) is 4.77. The number of aryl methyl sites for hydroxylation is 1. The molecule has 32 heavy (non-hydrogen) atoms. The topological polar surface area (TPSA) is 80.4 Å². The molecule has 1 N–H and O–H groups in total. The fraction of sp³-hybridized carbons (Fsp3) is 0.480. The van der Waals surface area contributed by atoms with E-state index in [-0.39, 0.29) is 23.3 Å². The van der Waals surface area contributed by atoms with Crippen LogP contribution in [-0.4, -0.2) is 36.6 Å². The molecule has 170 valence electrons. The summed E-state index contributed by atoms with van der Waals surface area (Å²) in [6.45, 7) is 8.26. The summed E-state index contributed by atoms with van der Waals surface area (Å²) in [5.74, 6) is 1.55. The van der Waals surface area contributed by atoms with Gasteiger partial charge in [0.2, 0.25) is 5.91 Å². The first-order valence-electron chi connectivity index (χ1n) is 11.5. The maximum atomic E-state index is 13.2. The summed E-state index contributed by atoms with van der Waals surface area (Å²) >= 11 is 0. The minimum atomic E-state index is -0.239. The molecule has 2 aromatic heterocycles. The second-order valence-electron chi connectivity index (χ2n) is 9.16. The van der Waals surface area contributed by atoms with E-state index in [1.807, 2.05) is 23.1 Å². The Balaban J connectivity index is 1.50. The van der Waals surface area contributed by atoms with Gasteiger partial charge in [-0.1, -0.05) is 26.0 Å². The van der Waals surface area contributed by atoms with Gasteiger partial charge in [0, 0.05) is 37.8 Å². The van der Waals surface area contributed by atoms with Gasteiger partial charge in [-0.05, 0) is 50.3 Å². The van der Waals surface area contributed by atoms with Gasteiger partial charge in [0.1, 0.15) is 11.6 Å². The van der Waals surface area contributed by atoms with Crippen molar-refractivity contribution >= 4 is 16.9 Å². The first-order chi connectivity index (χ1) is 15.3. The van der Waals surface area contributed by atoms with Gasteiger partial charge in [0.05, 0.1) is 17.1 Å². The molecule has 1 aliphatic rings. The van der Waals surface area contributed by atoms with Crippen LogP contribution in [0.1, 0.15) is 57.1 Å². The zero-order chi connectivity index (χ0) is 22.8. The van der Waals surface area contributed by atoms with Crippen LogP contribution in [0.15, 0.2) is 41.2 Å². The van der Waals surface area contributed by atoms with Gasteiger partial charge < -0.3 is 19.1 Å². The van der Waals surface area contributed by atoms with Crippen molar-refractivity contribution in [3.63, 3.8) is 0 Å². The number of amides is 1. The number of carbonyl (C=O) groups is 1. The van der Waals surface area contributed by atoms with Crippen LogP contribution >= 0.6 is 0 Å². The predicted molar refractivity (Wildman–Crippen MR) is 125 cm³/mol. The van der Waals surface area contributed by atoms with Crippen molar-refractivity contribution in [2.75, 3.05) is 6.54 Å². The average molecular weight is 437 g/mol. The summed E-state index contributed by atoms with van der Waals surface area (Å²) in [6.07, 6.45) is 2.85. The number of carbonyl (C=O) groups excluding carboxylic acids is 1. The van der Waals surface area contributed by atoms with Crippen molar-refractivity contribution in [1.82, 2.24) is 19.0 Å². The molecule has 0 spiro atoms. The molecule has 0 unspecified atom stereocenters. The van der Waals surface area contributed by atoms with Crippen molar-refractivity contribution in [3.8, 4) is 5.75 Å². The quantitative estimate of drug-likeness (QED) is 0.607. The number of nitrogens with zero attached hydrogens (tertiary/aromatic N) is 4. The molecule has 0 aliphatic carbocycles. The molecule has 0 radical (unpaired) electrons. The van der Waals surface area contributed by atoms with E-state index in [2.05, 4.69) is 24.5 Å². The Labute approximate surface area is 188 Å². The van der Waals surface area contributed by atoms with Gasteiger partial charge in [0.15, 0.2) is 0 Å². The van der Waals surface area contributed by atoms with Crippen molar-refractivity contribution in [2.24, 2.45) is 5.92 Å². The zero-order valence-corrected chi connectivity index (χ0v) is 19.1. The molecule has 1 amide bonds. The number of para-hydroxylation sites is 2. The van der Waals surface area contributed by atoms with E-state index in [1.165, 1.54) is 6.07 Å². The molecule has 1 aliphatic heterocycles. The molecule has 1 saturated heterocycles. The first-order valence-corrected chi connectivity index (χ1v) is 11.5. The van der Waals surface area contributed by atoms with E-state index < -0.39 is 0 Å². The van der Waals surface area contributed by atoms with Crippen LogP contribution in [0.3, 0.4) is 0 Å². The van der Waals surface area contributed by atoms with Crippen LogP contribution < -0.4 is 5.56 Å². The number of fused-ring (bicyclic) bond motifs is 1. The molecule has 7 heteroatoms. The molecule has 1 atom stereocenters. The third-order valence-corrected chi connectivity index (χ3v) is 6.20. The van der Waals surface area contributed by atoms with Crippen LogP contribution in [0.4, 0.5) is 0 Å². The highest BCUT2D eigenvalue weighted by Crippen LogP contribution is 2.34. The second-order valence-corrected chi connectivity index (χ2v) is 9.16. The van der Waals surface area contributed by atoms with Gasteiger partial charge in [-0.25, -0.2) is 4.98 Å². The maximum absolute atomic E-state index is 13.2. The Bertz CT molecular complexity index is 1180. The van der Waals surface area contributed by atoms with Crippen LogP contribution in [-0.2, 0) is 17.9 Å². The summed E-state index contributed by atoms with van der Waals surface area (Å²) in [5, 5.41) is 9.56. The Hall–Kier alpha value is -3.09. The molecular weight excluding hydrogens is 404 g/mol. The Morgan fingerprint density at radius 1 is 1.22 bits per heavy atom. The van der Waals surface area contributed by atoms with Crippen molar-refractivity contribution in [2.45, 2.75) is 65.6 Å². The summed E-state index contributed by atoms with van der Waals surface area (Å²) in [6, 6.07) is 11.0. The molecule has 3 aromatic rings. The number of aromatic hydroxyl groups is 1. The predicted octanol–water partition coefficient (Wildman–Crippen LogP) is 4.01. The highest BCUT2D eigenvalue weighted by atomic mass is 16.3. The van der Waals surface area contributed by atoms with Crippen molar-refractivity contribution < 1.29 is 9.90 Å². The fourth-order valence-electron chi connectivity index (χ4n) is 4.77. The first kappa shape index (κ1) is 22.1. The second kappa shape index (κ2) is 9.18. The summed E-state index contributed by atoms with van der Waals surface area (Å²) in [4.78, 5) is 32.2. The Kier molecular flexibility index (Phi) is 6.35. The van der Waals surface area contributed by atoms with Gasteiger partial charge in [-0.15, -0.1) is 0 Å². The third-order valence-electron chi connectivity index (χ3n) is 6.20. The summed E-state index contributed by atoms with van der Waals surface area (Å²) in [5.41, 5.74) is 2.56. The molecule has 0 saturated carbocycles. The Morgan fingerprint density at radius 3 is 2.75 bits per heavy atom. The van der Waals surface area contributed by atoms with Crippen LogP contribution in [0.2, 0.25) is 0 Å². The number of hydrogen-bond acceptors (Lipinski definition) is 4. The van der Waals surface area contributed by atoms with Gasteiger partial charge in [-0.2, -0.15) is 0 Å². The van der Waals surface area contributed by atoms with Gasteiger partial charge in [-0.3, -0.25) is 9.59 Å². The molecule has 1 fully saturated rings. The number of benzene rings is 1. The van der Waals surface area contributed by atoms with Crippen molar-refractivity contribution in [1.29, 1.82) is 0 Å². The molecule has 3 heterocycles. The largest absolute Gasteiger partial charge is 0.508 e. The third kappa shape index (κ3) is 4.42. The summed E-state index contributed by atoms with van der Waals surface area (Å²) < 4.78 is 3.89. The zero-order valence-electron chi connectivity index (χ0n) is 19.1. The van der Waals surface area contributed by atoms with E-state index in [0.717, 1.165) is 42.8 Å². The number of rotatable bonds is 7. The highest BCUT2D eigenvalue weighted by molar-refractivity contribution is 5.78. The van der Waals surface area contributed by atoms with E-state index in [0.29, 0.717) is 31.0 Å². The smallest absolute Gasteiger partial charge is 0.254 e. The minimum absolute atomic E-state index is 0.00761. The van der Waals surface area contributed by atoms with E-state index in [1.54, 1.807) is 17.6 Å². The minimum Gasteiger partial charge on any atom is -0.508 e. The van der Waals surface area contributed by atoms with Crippen LogP contribution in [0, 0.1) is 12.8 Å². The van der Waals surface area contributed by atoms with Crippen molar-refractivity contribution in [3.05, 3.63) is 58.3 Å².